The molecule has 1 aliphatic carbocycles. The van der Waals surface area contributed by atoms with Gasteiger partial charge in [-0.1, -0.05) is 0 Å². The van der Waals surface area contributed by atoms with E-state index in [1.54, 1.807) is 20.3 Å². The van der Waals surface area contributed by atoms with E-state index in [4.69, 9.17) is 15.2 Å². The number of methoxy groups -OCH3 is 2. The van der Waals surface area contributed by atoms with Gasteiger partial charge in [-0.3, -0.25) is 4.79 Å². The Balaban J connectivity index is 2.34. The zero-order valence-electron chi connectivity index (χ0n) is 11.0. The van der Waals surface area contributed by atoms with Gasteiger partial charge in [0.25, 0.3) is 0 Å². The van der Waals surface area contributed by atoms with Crippen LogP contribution < -0.4 is 15.2 Å². The second kappa shape index (κ2) is 4.98. The standard InChI is InChI=1S/C14H19NO3/c1-8-4-11(17-2)7-12(18-3)13(8)14(16)9-5-10(15)6-9/h4,7,9-10H,5-6,15H2,1-3H3. The maximum absolute atomic E-state index is 12.4. The molecule has 2 rings (SSSR count). The van der Waals surface area contributed by atoms with Gasteiger partial charge in [-0.25, -0.2) is 0 Å². The molecule has 0 aromatic heterocycles. The summed E-state index contributed by atoms with van der Waals surface area (Å²) in [4.78, 5) is 12.4. The van der Waals surface area contributed by atoms with E-state index in [2.05, 4.69) is 0 Å². The van der Waals surface area contributed by atoms with Gasteiger partial charge >= 0.3 is 0 Å². The average molecular weight is 249 g/mol. The molecule has 0 spiro atoms. The van der Waals surface area contributed by atoms with E-state index in [-0.39, 0.29) is 17.7 Å². The van der Waals surface area contributed by atoms with Crippen LogP contribution in [0.5, 0.6) is 11.5 Å². The lowest BCUT2D eigenvalue weighted by Gasteiger charge is -2.31. The van der Waals surface area contributed by atoms with Gasteiger partial charge in [-0.15, -0.1) is 0 Å². The number of Topliss-reactive ketones (excluding diaryl/α,β-unsaturated/α-hetero) is 1. The van der Waals surface area contributed by atoms with Crippen LogP contribution >= 0.6 is 0 Å². The lowest BCUT2D eigenvalue weighted by atomic mass is 9.75. The number of ether oxygens (including phenoxy) is 2. The molecule has 1 aliphatic rings. The molecule has 4 heteroatoms. The summed E-state index contributed by atoms with van der Waals surface area (Å²) in [5, 5.41) is 0. The van der Waals surface area contributed by atoms with Crippen molar-refractivity contribution in [3.8, 4) is 11.5 Å². The number of hydrogen-bond donors (Lipinski definition) is 1. The Morgan fingerprint density at radius 2 is 1.94 bits per heavy atom. The van der Waals surface area contributed by atoms with Crippen molar-refractivity contribution in [1.29, 1.82) is 0 Å². The number of hydrogen-bond acceptors (Lipinski definition) is 4. The highest BCUT2D eigenvalue weighted by atomic mass is 16.5. The van der Waals surface area contributed by atoms with Crippen molar-refractivity contribution in [2.75, 3.05) is 14.2 Å². The minimum absolute atomic E-state index is 0.0426. The van der Waals surface area contributed by atoms with E-state index in [1.165, 1.54) is 0 Å². The number of ketones is 1. The van der Waals surface area contributed by atoms with Crippen LogP contribution in [0.1, 0.15) is 28.8 Å². The predicted octanol–water partition coefficient (Wildman–Crippen LogP) is 1.93. The van der Waals surface area contributed by atoms with Gasteiger partial charge in [0.15, 0.2) is 5.78 Å². The molecule has 4 nitrogen and oxygen atoms in total. The Morgan fingerprint density at radius 1 is 1.28 bits per heavy atom. The molecule has 1 saturated carbocycles. The molecule has 0 radical (unpaired) electrons. The van der Waals surface area contributed by atoms with Crippen molar-refractivity contribution in [2.45, 2.75) is 25.8 Å². The van der Waals surface area contributed by atoms with Crippen LogP contribution in [-0.4, -0.2) is 26.0 Å². The molecule has 0 amide bonds. The third-order valence-corrected chi connectivity index (χ3v) is 3.52. The molecule has 1 aromatic carbocycles. The lowest BCUT2D eigenvalue weighted by Crippen LogP contribution is -2.40. The third kappa shape index (κ3) is 2.20. The average Bonchev–Trinajstić information content (AvgIpc) is 2.33. The summed E-state index contributed by atoms with van der Waals surface area (Å²) in [6.45, 7) is 1.90. The topological polar surface area (TPSA) is 61.5 Å². The molecule has 1 fully saturated rings. The third-order valence-electron chi connectivity index (χ3n) is 3.52. The van der Waals surface area contributed by atoms with Gasteiger partial charge in [0.2, 0.25) is 0 Å². The molecule has 0 aliphatic heterocycles. The minimum Gasteiger partial charge on any atom is -0.497 e. The van der Waals surface area contributed by atoms with E-state index in [0.717, 1.165) is 18.4 Å². The van der Waals surface area contributed by atoms with E-state index < -0.39 is 0 Å². The Kier molecular flexibility index (Phi) is 3.57. The molecule has 0 bridgehead atoms. The Bertz CT molecular complexity index is 464. The van der Waals surface area contributed by atoms with Gasteiger partial charge < -0.3 is 15.2 Å². The molecule has 1 aromatic rings. The molecule has 98 valence electrons. The molecule has 0 heterocycles. The van der Waals surface area contributed by atoms with Gasteiger partial charge in [0, 0.05) is 18.0 Å². The molecule has 0 saturated heterocycles. The largest absolute Gasteiger partial charge is 0.497 e. The van der Waals surface area contributed by atoms with Gasteiger partial charge in [-0.05, 0) is 31.4 Å². The molecule has 0 unspecified atom stereocenters. The van der Waals surface area contributed by atoms with Crippen LogP contribution in [0, 0.1) is 12.8 Å². The quantitative estimate of drug-likeness (QED) is 0.828. The first-order chi connectivity index (χ1) is 8.56. The fraction of sp³-hybridized carbons (Fsp3) is 0.500. The van der Waals surface area contributed by atoms with Crippen molar-refractivity contribution in [3.63, 3.8) is 0 Å². The maximum Gasteiger partial charge on any atom is 0.170 e. The second-order valence-electron chi connectivity index (χ2n) is 4.81. The Labute approximate surface area is 107 Å². The zero-order chi connectivity index (χ0) is 13.3. The first kappa shape index (κ1) is 12.9. The van der Waals surface area contributed by atoms with Crippen LogP contribution in [0.25, 0.3) is 0 Å². The van der Waals surface area contributed by atoms with Crippen LogP contribution in [0.15, 0.2) is 12.1 Å². The number of nitrogens with two attached hydrogens (primary N) is 1. The number of benzene rings is 1. The smallest absolute Gasteiger partial charge is 0.170 e. The predicted molar refractivity (Wildman–Crippen MR) is 69.3 cm³/mol. The first-order valence-corrected chi connectivity index (χ1v) is 6.09. The summed E-state index contributed by atoms with van der Waals surface area (Å²) >= 11 is 0. The van der Waals surface area contributed by atoms with Gasteiger partial charge in [0.1, 0.15) is 11.5 Å². The zero-order valence-corrected chi connectivity index (χ0v) is 11.0. The van der Waals surface area contributed by atoms with Crippen LogP contribution in [-0.2, 0) is 0 Å². The monoisotopic (exact) mass is 249 g/mol. The van der Waals surface area contributed by atoms with Crippen molar-refractivity contribution in [2.24, 2.45) is 11.7 Å². The Hall–Kier alpha value is -1.55. The van der Waals surface area contributed by atoms with E-state index in [1.807, 2.05) is 13.0 Å². The highest BCUT2D eigenvalue weighted by molar-refractivity contribution is 6.02. The van der Waals surface area contributed by atoms with Crippen LogP contribution in [0.4, 0.5) is 0 Å². The molecule has 2 N–H and O–H groups in total. The highest BCUT2D eigenvalue weighted by Gasteiger charge is 2.34. The SMILES string of the molecule is COc1cc(C)c(C(=O)C2CC(N)C2)c(OC)c1. The lowest BCUT2D eigenvalue weighted by molar-refractivity contribution is 0.0828. The number of aryl methyl sites for hydroxylation is 1. The second-order valence-corrected chi connectivity index (χ2v) is 4.81. The molecular weight excluding hydrogens is 230 g/mol. The van der Waals surface area contributed by atoms with Crippen molar-refractivity contribution < 1.29 is 14.3 Å². The summed E-state index contributed by atoms with van der Waals surface area (Å²) in [6, 6.07) is 3.77. The normalized spacial score (nSPS) is 22.2. The van der Waals surface area contributed by atoms with Crippen molar-refractivity contribution >= 4 is 5.78 Å². The number of carbonyl (C=O) groups excluding carboxylic acids is 1. The number of carbonyl (C=O) groups is 1. The van der Waals surface area contributed by atoms with Crippen LogP contribution in [0.2, 0.25) is 0 Å². The first-order valence-electron chi connectivity index (χ1n) is 6.09. The summed E-state index contributed by atoms with van der Waals surface area (Å²) in [6.07, 6.45) is 1.54. The summed E-state index contributed by atoms with van der Waals surface area (Å²) < 4.78 is 10.5. The minimum atomic E-state index is 0.0426. The summed E-state index contributed by atoms with van der Waals surface area (Å²) in [7, 11) is 3.16. The summed E-state index contributed by atoms with van der Waals surface area (Å²) in [5.74, 6) is 1.46. The maximum atomic E-state index is 12.4. The van der Waals surface area contributed by atoms with Gasteiger partial charge in [-0.2, -0.15) is 0 Å². The Morgan fingerprint density at radius 3 is 2.44 bits per heavy atom. The molecule has 0 atom stereocenters. The molecule has 18 heavy (non-hydrogen) atoms. The molecular formula is C14H19NO3. The fourth-order valence-corrected chi connectivity index (χ4v) is 2.40. The highest BCUT2D eigenvalue weighted by Crippen LogP contribution is 2.35. The van der Waals surface area contributed by atoms with Crippen molar-refractivity contribution in [3.05, 3.63) is 23.3 Å². The van der Waals surface area contributed by atoms with E-state index in [0.29, 0.717) is 17.1 Å². The van der Waals surface area contributed by atoms with Crippen molar-refractivity contribution in [1.82, 2.24) is 0 Å². The number of rotatable bonds is 4. The summed E-state index contributed by atoms with van der Waals surface area (Å²) in [5.41, 5.74) is 7.28. The van der Waals surface area contributed by atoms with E-state index in [9.17, 15) is 4.79 Å². The fourth-order valence-electron chi connectivity index (χ4n) is 2.40. The van der Waals surface area contributed by atoms with E-state index >= 15 is 0 Å². The van der Waals surface area contributed by atoms with Crippen LogP contribution in [0.3, 0.4) is 0 Å². The van der Waals surface area contributed by atoms with Gasteiger partial charge in [0.05, 0.1) is 19.8 Å².